The van der Waals surface area contributed by atoms with Gasteiger partial charge in [0.1, 0.15) is 6.07 Å². The lowest BCUT2D eigenvalue weighted by atomic mass is 10.2. The van der Waals surface area contributed by atoms with Crippen LogP contribution in [-0.2, 0) is 0 Å². The summed E-state index contributed by atoms with van der Waals surface area (Å²) in [5.74, 6) is -0.0768. The SMILES string of the molecule is CN(C)C(=O)c1ccnc(C#N)c1SC1CC1. The molecule has 0 aromatic carbocycles. The summed E-state index contributed by atoms with van der Waals surface area (Å²) in [6.45, 7) is 0. The number of rotatable bonds is 3. The molecule has 0 unspecified atom stereocenters. The lowest BCUT2D eigenvalue weighted by Crippen LogP contribution is -2.22. The molecule has 1 aliphatic rings. The molecule has 0 N–H and O–H groups in total. The summed E-state index contributed by atoms with van der Waals surface area (Å²) in [5, 5.41) is 9.59. The molecule has 0 saturated heterocycles. The zero-order chi connectivity index (χ0) is 12.4. The van der Waals surface area contributed by atoms with E-state index in [-0.39, 0.29) is 5.91 Å². The summed E-state index contributed by atoms with van der Waals surface area (Å²) in [7, 11) is 3.42. The van der Waals surface area contributed by atoms with Crippen molar-refractivity contribution in [2.24, 2.45) is 0 Å². The van der Waals surface area contributed by atoms with E-state index in [0.717, 1.165) is 17.7 Å². The fourth-order valence-corrected chi connectivity index (χ4v) is 2.61. The van der Waals surface area contributed by atoms with Gasteiger partial charge in [-0.2, -0.15) is 5.26 Å². The number of carbonyl (C=O) groups is 1. The third-order valence-corrected chi connectivity index (χ3v) is 3.91. The minimum Gasteiger partial charge on any atom is -0.345 e. The third kappa shape index (κ3) is 2.59. The maximum atomic E-state index is 12.0. The minimum atomic E-state index is -0.0768. The number of nitriles is 1. The first-order chi connectivity index (χ1) is 8.13. The first-order valence-corrected chi connectivity index (χ1v) is 6.29. The van der Waals surface area contributed by atoms with Crippen molar-refractivity contribution in [3.05, 3.63) is 23.5 Å². The van der Waals surface area contributed by atoms with Crippen LogP contribution >= 0.6 is 11.8 Å². The molecule has 0 spiro atoms. The second kappa shape index (κ2) is 4.76. The van der Waals surface area contributed by atoms with Crippen LogP contribution in [-0.4, -0.2) is 35.1 Å². The van der Waals surface area contributed by atoms with E-state index < -0.39 is 0 Å². The average Bonchev–Trinajstić information content (AvgIpc) is 3.12. The van der Waals surface area contributed by atoms with Gasteiger partial charge in [0.05, 0.1) is 10.5 Å². The summed E-state index contributed by atoms with van der Waals surface area (Å²) >= 11 is 1.60. The molecular formula is C12H13N3OS. The van der Waals surface area contributed by atoms with Gasteiger partial charge in [0, 0.05) is 25.5 Å². The average molecular weight is 247 g/mol. The van der Waals surface area contributed by atoms with E-state index in [2.05, 4.69) is 11.1 Å². The highest BCUT2D eigenvalue weighted by atomic mass is 32.2. The molecule has 4 nitrogen and oxygen atoms in total. The Morgan fingerprint density at radius 3 is 2.82 bits per heavy atom. The van der Waals surface area contributed by atoms with Crippen LogP contribution in [0.15, 0.2) is 17.2 Å². The van der Waals surface area contributed by atoms with E-state index in [4.69, 9.17) is 5.26 Å². The Labute approximate surface area is 105 Å². The Kier molecular flexibility index (Phi) is 3.34. The number of carbonyl (C=O) groups excluding carboxylic acids is 1. The first kappa shape index (κ1) is 11.9. The van der Waals surface area contributed by atoms with E-state index in [0.29, 0.717) is 16.5 Å². The van der Waals surface area contributed by atoms with Gasteiger partial charge in [-0.25, -0.2) is 4.98 Å². The van der Waals surface area contributed by atoms with Crippen LogP contribution in [0.5, 0.6) is 0 Å². The molecule has 88 valence electrons. The Morgan fingerprint density at radius 2 is 2.29 bits per heavy atom. The van der Waals surface area contributed by atoms with Gasteiger partial charge in [0.25, 0.3) is 5.91 Å². The number of amides is 1. The second-order valence-corrected chi connectivity index (χ2v) is 5.48. The van der Waals surface area contributed by atoms with Crippen LogP contribution in [0.4, 0.5) is 0 Å². The molecule has 1 aromatic heterocycles. The molecule has 5 heteroatoms. The van der Waals surface area contributed by atoms with Gasteiger partial charge in [-0.05, 0) is 18.9 Å². The highest BCUT2D eigenvalue weighted by Gasteiger charge is 2.27. The number of hydrogen-bond acceptors (Lipinski definition) is 4. The molecule has 1 fully saturated rings. The van der Waals surface area contributed by atoms with Crippen molar-refractivity contribution in [3.8, 4) is 6.07 Å². The van der Waals surface area contributed by atoms with Crippen LogP contribution in [0, 0.1) is 11.3 Å². The largest absolute Gasteiger partial charge is 0.345 e. The Balaban J connectivity index is 2.42. The number of pyridine rings is 1. The van der Waals surface area contributed by atoms with Gasteiger partial charge in [-0.15, -0.1) is 11.8 Å². The molecule has 0 atom stereocenters. The van der Waals surface area contributed by atoms with Crippen molar-refractivity contribution >= 4 is 17.7 Å². The topological polar surface area (TPSA) is 57.0 Å². The van der Waals surface area contributed by atoms with E-state index in [9.17, 15) is 4.79 Å². The van der Waals surface area contributed by atoms with E-state index in [1.54, 1.807) is 31.9 Å². The van der Waals surface area contributed by atoms with Gasteiger partial charge in [0.15, 0.2) is 5.69 Å². The zero-order valence-electron chi connectivity index (χ0n) is 9.80. The van der Waals surface area contributed by atoms with E-state index in [1.165, 1.54) is 11.1 Å². The summed E-state index contributed by atoms with van der Waals surface area (Å²) in [6.07, 6.45) is 3.83. The van der Waals surface area contributed by atoms with Gasteiger partial charge in [-0.1, -0.05) is 0 Å². The highest BCUT2D eigenvalue weighted by Crippen LogP contribution is 2.41. The molecule has 0 bridgehead atoms. The summed E-state index contributed by atoms with van der Waals surface area (Å²) in [4.78, 5) is 18.3. The normalized spacial score (nSPS) is 14.2. The maximum absolute atomic E-state index is 12.0. The summed E-state index contributed by atoms with van der Waals surface area (Å²) in [6, 6.07) is 3.75. The quantitative estimate of drug-likeness (QED) is 0.818. The molecule has 17 heavy (non-hydrogen) atoms. The van der Waals surface area contributed by atoms with Crippen LogP contribution < -0.4 is 0 Å². The zero-order valence-corrected chi connectivity index (χ0v) is 10.6. The van der Waals surface area contributed by atoms with Gasteiger partial charge in [-0.3, -0.25) is 4.79 Å². The van der Waals surface area contributed by atoms with E-state index >= 15 is 0 Å². The van der Waals surface area contributed by atoms with Gasteiger partial charge < -0.3 is 4.90 Å². The number of thioether (sulfide) groups is 1. The molecule has 1 aromatic rings. The lowest BCUT2D eigenvalue weighted by Gasteiger charge is -2.14. The van der Waals surface area contributed by atoms with Crippen molar-refractivity contribution in [2.45, 2.75) is 23.0 Å². The van der Waals surface area contributed by atoms with Crippen molar-refractivity contribution in [1.29, 1.82) is 5.26 Å². The summed E-state index contributed by atoms with van der Waals surface area (Å²) < 4.78 is 0. The fraction of sp³-hybridized carbons (Fsp3) is 0.417. The maximum Gasteiger partial charge on any atom is 0.254 e. The molecule has 1 heterocycles. The predicted octanol–water partition coefficient (Wildman–Crippen LogP) is 1.91. The smallest absolute Gasteiger partial charge is 0.254 e. The van der Waals surface area contributed by atoms with Crippen LogP contribution in [0.1, 0.15) is 28.9 Å². The monoisotopic (exact) mass is 247 g/mol. The summed E-state index contributed by atoms with van der Waals surface area (Å²) in [5.41, 5.74) is 0.938. The lowest BCUT2D eigenvalue weighted by molar-refractivity contribution is 0.0824. The molecule has 0 radical (unpaired) electrons. The molecule has 1 saturated carbocycles. The minimum absolute atomic E-state index is 0.0768. The number of nitrogens with zero attached hydrogens (tertiary/aromatic N) is 3. The highest BCUT2D eigenvalue weighted by molar-refractivity contribution is 8.00. The molecule has 0 aliphatic heterocycles. The Morgan fingerprint density at radius 1 is 1.59 bits per heavy atom. The Hall–Kier alpha value is -1.54. The van der Waals surface area contributed by atoms with Crippen molar-refractivity contribution in [2.75, 3.05) is 14.1 Å². The molecule has 1 aliphatic carbocycles. The van der Waals surface area contributed by atoms with Crippen LogP contribution in [0.25, 0.3) is 0 Å². The van der Waals surface area contributed by atoms with Crippen LogP contribution in [0.2, 0.25) is 0 Å². The molecule has 1 amide bonds. The first-order valence-electron chi connectivity index (χ1n) is 5.41. The fourth-order valence-electron chi connectivity index (χ4n) is 1.41. The van der Waals surface area contributed by atoms with Crippen LogP contribution in [0.3, 0.4) is 0 Å². The third-order valence-electron chi connectivity index (χ3n) is 2.46. The predicted molar refractivity (Wildman–Crippen MR) is 65.8 cm³/mol. The standard InChI is InChI=1S/C12H13N3OS/c1-15(2)12(16)9-5-6-14-10(7-13)11(9)17-8-3-4-8/h5-6,8H,3-4H2,1-2H3. The van der Waals surface area contributed by atoms with E-state index in [1.807, 2.05) is 0 Å². The second-order valence-electron chi connectivity index (χ2n) is 4.16. The molecule has 2 rings (SSSR count). The Bertz CT molecular complexity index is 489. The number of aromatic nitrogens is 1. The van der Waals surface area contributed by atoms with Gasteiger partial charge >= 0.3 is 0 Å². The van der Waals surface area contributed by atoms with Crippen molar-refractivity contribution < 1.29 is 4.79 Å². The van der Waals surface area contributed by atoms with Crippen molar-refractivity contribution in [1.82, 2.24) is 9.88 Å². The molecular weight excluding hydrogens is 234 g/mol. The van der Waals surface area contributed by atoms with Gasteiger partial charge in [0.2, 0.25) is 0 Å². The van der Waals surface area contributed by atoms with Crippen molar-refractivity contribution in [3.63, 3.8) is 0 Å². The number of hydrogen-bond donors (Lipinski definition) is 0.